The van der Waals surface area contributed by atoms with Gasteiger partial charge in [-0.05, 0) is 12.1 Å². The Morgan fingerprint density at radius 2 is 2.05 bits per heavy atom. The van der Waals surface area contributed by atoms with Gasteiger partial charge in [-0.2, -0.15) is 0 Å². The Balaban J connectivity index is 2.81. The summed E-state index contributed by atoms with van der Waals surface area (Å²) in [6.45, 7) is 0.228. The molecule has 2 N–H and O–H groups in total. The van der Waals surface area contributed by atoms with Gasteiger partial charge >= 0.3 is 0 Å². The van der Waals surface area contributed by atoms with Gasteiger partial charge in [0.15, 0.2) is 11.5 Å². The van der Waals surface area contributed by atoms with Gasteiger partial charge in [-0.1, -0.05) is 11.6 Å². The van der Waals surface area contributed by atoms with E-state index in [-0.39, 0.29) is 24.1 Å². The summed E-state index contributed by atoms with van der Waals surface area (Å²) >= 11 is 6.02. The monoisotopic (exact) mass is 303 g/mol. The van der Waals surface area contributed by atoms with E-state index in [0.717, 1.165) is 0 Å². The Kier molecular flexibility index (Phi) is 6.57. The van der Waals surface area contributed by atoms with Gasteiger partial charge in [0, 0.05) is 19.2 Å². The van der Waals surface area contributed by atoms with E-state index in [1.807, 2.05) is 0 Å². The number of ether oxygens (including phenoxy) is 3. The minimum atomic E-state index is -0.764. The van der Waals surface area contributed by atoms with Crippen molar-refractivity contribution in [3.05, 3.63) is 22.7 Å². The van der Waals surface area contributed by atoms with Gasteiger partial charge in [-0.3, -0.25) is 4.79 Å². The molecule has 20 heavy (non-hydrogen) atoms. The number of rotatable bonds is 7. The number of aliphatic hydroxyl groups is 1. The smallest absolute Gasteiger partial charge is 0.251 e. The van der Waals surface area contributed by atoms with Crippen molar-refractivity contribution in [3.63, 3.8) is 0 Å². The SMILES string of the molecule is COCC(O)CNC(=O)c1cc(Cl)c(OC)c(OC)c1. The van der Waals surface area contributed by atoms with E-state index in [1.165, 1.54) is 33.5 Å². The van der Waals surface area contributed by atoms with Crippen molar-refractivity contribution in [1.29, 1.82) is 0 Å². The van der Waals surface area contributed by atoms with Crippen molar-refractivity contribution >= 4 is 17.5 Å². The number of hydrogen-bond acceptors (Lipinski definition) is 5. The highest BCUT2D eigenvalue weighted by Crippen LogP contribution is 2.35. The zero-order chi connectivity index (χ0) is 15.1. The van der Waals surface area contributed by atoms with Gasteiger partial charge in [-0.25, -0.2) is 0 Å². The van der Waals surface area contributed by atoms with E-state index in [1.54, 1.807) is 0 Å². The fourth-order valence-corrected chi connectivity index (χ4v) is 1.90. The highest BCUT2D eigenvalue weighted by Gasteiger charge is 2.15. The number of nitrogens with one attached hydrogen (secondary N) is 1. The molecule has 0 heterocycles. The molecule has 1 aromatic rings. The Labute approximate surface area is 122 Å². The number of carbonyl (C=O) groups is 1. The lowest BCUT2D eigenvalue weighted by Gasteiger charge is -2.13. The molecule has 0 saturated heterocycles. The number of aliphatic hydroxyl groups excluding tert-OH is 1. The molecule has 1 amide bonds. The topological polar surface area (TPSA) is 77.0 Å². The van der Waals surface area contributed by atoms with E-state index in [2.05, 4.69) is 5.32 Å². The van der Waals surface area contributed by atoms with Crippen molar-refractivity contribution in [2.45, 2.75) is 6.10 Å². The lowest BCUT2D eigenvalue weighted by atomic mass is 10.2. The maximum atomic E-state index is 12.0. The van der Waals surface area contributed by atoms with Crippen molar-refractivity contribution in [2.75, 3.05) is 34.5 Å². The van der Waals surface area contributed by atoms with Crippen LogP contribution >= 0.6 is 11.6 Å². The third-order valence-corrected chi connectivity index (χ3v) is 2.83. The second kappa shape index (κ2) is 7.94. The van der Waals surface area contributed by atoms with Gasteiger partial charge in [0.2, 0.25) is 0 Å². The van der Waals surface area contributed by atoms with Crippen LogP contribution in [0.15, 0.2) is 12.1 Å². The van der Waals surface area contributed by atoms with Crippen LogP contribution in [0, 0.1) is 0 Å². The highest BCUT2D eigenvalue weighted by atomic mass is 35.5. The van der Waals surface area contributed by atoms with Gasteiger partial charge in [-0.15, -0.1) is 0 Å². The zero-order valence-electron chi connectivity index (χ0n) is 11.6. The number of hydrogen-bond donors (Lipinski definition) is 2. The molecule has 6 nitrogen and oxygen atoms in total. The van der Waals surface area contributed by atoms with Crippen molar-refractivity contribution < 1.29 is 24.1 Å². The van der Waals surface area contributed by atoms with Crippen LogP contribution in [0.5, 0.6) is 11.5 Å². The van der Waals surface area contributed by atoms with Crippen molar-refractivity contribution in [3.8, 4) is 11.5 Å². The Bertz CT molecular complexity index is 466. The third kappa shape index (κ3) is 4.26. The summed E-state index contributed by atoms with van der Waals surface area (Å²) in [6, 6.07) is 2.99. The molecule has 0 aliphatic rings. The number of amides is 1. The number of halogens is 1. The summed E-state index contributed by atoms with van der Waals surface area (Å²) in [4.78, 5) is 12.0. The molecule has 0 aromatic heterocycles. The predicted molar refractivity (Wildman–Crippen MR) is 74.8 cm³/mol. The molecule has 1 aromatic carbocycles. The molecule has 1 atom stereocenters. The van der Waals surface area contributed by atoms with Crippen LogP contribution in [-0.4, -0.2) is 51.6 Å². The lowest BCUT2D eigenvalue weighted by Crippen LogP contribution is -2.34. The standard InChI is InChI=1S/C13H18ClNO5/c1-18-7-9(16)6-15-13(17)8-4-10(14)12(20-3)11(5-8)19-2/h4-5,9,16H,6-7H2,1-3H3,(H,15,17). The van der Waals surface area contributed by atoms with Crippen LogP contribution in [0.3, 0.4) is 0 Å². The van der Waals surface area contributed by atoms with Gasteiger partial charge < -0.3 is 24.6 Å². The molecule has 7 heteroatoms. The van der Waals surface area contributed by atoms with Crippen molar-refractivity contribution in [1.82, 2.24) is 5.32 Å². The van der Waals surface area contributed by atoms with E-state index >= 15 is 0 Å². The van der Waals surface area contributed by atoms with Crippen LogP contribution in [0.25, 0.3) is 0 Å². The summed E-state index contributed by atoms with van der Waals surface area (Å²) in [5, 5.41) is 12.3. The molecule has 1 rings (SSSR count). The van der Waals surface area contributed by atoms with E-state index in [4.69, 9.17) is 25.8 Å². The van der Waals surface area contributed by atoms with Crippen LogP contribution in [0.1, 0.15) is 10.4 Å². The quantitative estimate of drug-likeness (QED) is 0.788. The first-order valence-electron chi connectivity index (χ1n) is 5.90. The first kappa shape index (κ1) is 16.6. The molecule has 0 aliphatic heterocycles. The maximum absolute atomic E-state index is 12.0. The maximum Gasteiger partial charge on any atom is 0.251 e. The Hall–Kier alpha value is -1.50. The second-order valence-electron chi connectivity index (χ2n) is 4.01. The molecule has 112 valence electrons. The number of methoxy groups -OCH3 is 3. The minimum Gasteiger partial charge on any atom is -0.493 e. The van der Waals surface area contributed by atoms with E-state index < -0.39 is 6.10 Å². The molecule has 0 bridgehead atoms. The van der Waals surface area contributed by atoms with Crippen LogP contribution in [0.2, 0.25) is 5.02 Å². The average Bonchev–Trinajstić information content (AvgIpc) is 2.44. The van der Waals surface area contributed by atoms with Gasteiger partial charge in [0.05, 0.1) is 32.0 Å². The molecule has 1 unspecified atom stereocenters. The van der Waals surface area contributed by atoms with E-state index in [9.17, 15) is 9.90 Å². The average molecular weight is 304 g/mol. The Morgan fingerprint density at radius 1 is 1.35 bits per heavy atom. The number of carbonyl (C=O) groups excluding carboxylic acids is 1. The van der Waals surface area contributed by atoms with E-state index in [0.29, 0.717) is 17.1 Å². The first-order chi connectivity index (χ1) is 9.53. The first-order valence-corrected chi connectivity index (χ1v) is 6.28. The van der Waals surface area contributed by atoms with Gasteiger partial charge in [0.1, 0.15) is 0 Å². The largest absolute Gasteiger partial charge is 0.493 e. The fraction of sp³-hybridized carbons (Fsp3) is 0.462. The highest BCUT2D eigenvalue weighted by molar-refractivity contribution is 6.32. The summed E-state index contributed by atoms with van der Waals surface area (Å²) in [6.07, 6.45) is -0.764. The second-order valence-corrected chi connectivity index (χ2v) is 4.42. The van der Waals surface area contributed by atoms with Crippen LogP contribution in [-0.2, 0) is 4.74 Å². The van der Waals surface area contributed by atoms with Gasteiger partial charge in [0.25, 0.3) is 5.91 Å². The fourth-order valence-electron chi connectivity index (χ4n) is 1.61. The van der Waals surface area contributed by atoms with Crippen molar-refractivity contribution in [2.24, 2.45) is 0 Å². The minimum absolute atomic E-state index is 0.0820. The summed E-state index contributed by atoms with van der Waals surface area (Å²) < 4.78 is 15.0. The molecule has 0 spiro atoms. The zero-order valence-corrected chi connectivity index (χ0v) is 12.4. The lowest BCUT2D eigenvalue weighted by molar-refractivity contribution is 0.0609. The molecule has 0 aliphatic carbocycles. The summed E-state index contributed by atoms with van der Waals surface area (Å²) in [5.74, 6) is 0.357. The molecular formula is C13H18ClNO5. The Morgan fingerprint density at radius 3 is 2.60 bits per heavy atom. The normalized spacial score (nSPS) is 11.8. The molecule has 0 saturated carbocycles. The van der Waals surface area contributed by atoms with Crippen LogP contribution < -0.4 is 14.8 Å². The van der Waals surface area contributed by atoms with Crippen LogP contribution in [0.4, 0.5) is 0 Å². The molecule has 0 fully saturated rings. The molecular weight excluding hydrogens is 286 g/mol. The third-order valence-electron chi connectivity index (χ3n) is 2.55. The summed E-state index contributed by atoms with van der Waals surface area (Å²) in [5.41, 5.74) is 0.317. The predicted octanol–water partition coefficient (Wildman–Crippen LogP) is 1.09. The molecule has 0 radical (unpaired) electrons. The number of benzene rings is 1. The summed E-state index contributed by atoms with van der Waals surface area (Å²) in [7, 11) is 4.39.